The van der Waals surface area contributed by atoms with Gasteiger partial charge in [0.1, 0.15) is 6.33 Å². The number of nitrogens with zero attached hydrogens (tertiary/aromatic N) is 5. The highest BCUT2D eigenvalue weighted by atomic mass is 127. The number of halogens is 1. The molecule has 3 aromatic heterocycles. The van der Waals surface area contributed by atoms with Crippen molar-refractivity contribution in [2.24, 2.45) is 12.0 Å². The van der Waals surface area contributed by atoms with Crippen LogP contribution in [-0.4, -0.2) is 25.7 Å². The van der Waals surface area contributed by atoms with Crippen LogP contribution in [0.25, 0.3) is 0 Å². The molecular formula is C16H20IN7S. The Morgan fingerprint density at radius 1 is 1.20 bits per heavy atom. The fourth-order valence-electron chi connectivity index (χ4n) is 2.04. The normalized spacial score (nSPS) is 11.0. The minimum absolute atomic E-state index is 0. The molecule has 0 aliphatic rings. The van der Waals surface area contributed by atoms with E-state index in [1.54, 1.807) is 23.9 Å². The Morgan fingerprint density at radius 3 is 2.76 bits per heavy atom. The van der Waals surface area contributed by atoms with Crippen molar-refractivity contribution in [2.45, 2.75) is 19.6 Å². The van der Waals surface area contributed by atoms with Crippen LogP contribution in [0.3, 0.4) is 0 Å². The topological polar surface area (TPSA) is 80.0 Å². The molecule has 0 saturated carbocycles. The summed E-state index contributed by atoms with van der Waals surface area (Å²) in [6, 6.07) is 9.96. The van der Waals surface area contributed by atoms with Gasteiger partial charge in [0.25, 0.3) is 0 Å². The van der Waals surface area contributed by atoms with Gasteiger partial charge in [0.05, 0.1) is 25.3 Å². The fraction of sp³-hybridized carbons (Fsp3) is 0.250. The predicted octanol–water partition coefficient (Wildman–Crippen LogP) is 2.33. The van der Waals surface area contributed by atoms with Gasteiger partial charge in [0.15, 0.2) is 11.8 Å². The summed E-state index contributed by atoms with van der Waals surface area (Å²) >= 11 is 1.71. The van der Waals surface area contributed by atoms with Crippen molar-refractivity contribution in [3.05, 3.63) is 64.6 Å². The molecule has 3 aromatic rings. The second kappa shape index (κ2) is 10.1. The van der Waals surface area contributed by atoms with Crippen molar-refractivity contribution in [3.8, 4) is 0 Å². The number of guanidine groups is 1. The number of nitrogens with one attached hydrogen (secondary N) is 2. The molecule has 2 N–H and O–H groups in total. The molecule has 0 spiro atoms. The van der Waals surface area contributed by atoms with Gasteiger partial charge in [-0.1, -0.05) is 12.1 Å². The summed E-state index contributed by atoms with van der Waals surface area (Å²) in [5.41, 5.74) is 0.924. The molecule has 0 aliphatic heterocycles. The Labute approximate surface area is 167 Å². The van der Waals surface area contributed by atoms with Crippen LogP contribution >= 0.6 is 35.3 Å². The molecule has 132 valence electrons. The highest BCUT2D eigenvalue weighted by molar-refractivity contribution is 14.0. The Hall–Kier alpha value is -2.01. The van der Waals surface area contributed by atoms with Gasteiger partial charge in [-0.15, -0.1) is 45.5 Å². The van der Waals surface area contributed by atoms with Gasteiger partial charge in [0.2, 0.25) is 0 Å². The molecule has 25 heavy (non-hydrogen) atoms. The van der Waals surface area contributed by atoms with Gasteiger partial charge in [-0.3, -0.25) is 4.98 Å². The summed E-state index contributed by atoms with van der Waals surface area (Å²) in [5, 5.41) is 16.6. The number of rotatable bonds is 6. The summed E-state index contributed by atoms with van der Waals surface area (Å²) in [4.78, 5) is 10.2. The average molecular weight is 469 g/mol. The average Bonchev–Trinajstić information content (AvgIpc) is 3.27. The first-order chi connectivity index (χ1) is 11.8. The molecule has 0 unspecified atom stereocenters. The van der Waals surface area contributed by atoms with E-state index in [0.717, 1.165) is 24.0 Å². The zero-order chi connectivity index (χ0) is 16.6. The van der Waals surface area contributed by atoms with Crippen LogP contribution in [0.4, 0.5) is 0 Å². The molecule has 0 saturated heterocycles. The minimum Gasteiger partial charge on any atom is -0.351 e. The number of aromatic nitrogens is 4. The van der Waals surface area contributed by atoms with Gasteiger partial charge in [-0.2, -0.15) is 0 Å². The summed E-state index contributed by atoms with van der Waals surface area (Å²) in [6.07, 6.45) is 3.46. The van der Waals surface area contributed by atoms with E-state index in [9.17, 15) is 0 Å². The molecule has 0 aliphatic carbocycles. The molecule has 0 radical (unpaired) electrons. The van der Waals surface area contributed by atoms with E-state index in [4.69, 9.17) is 0 Å². The third-order valence-corrected chi connectivity index (χ3v) is 4.23. The Bertz CT molecular complexity index is 771. The van der Waals surface area contributed by atoms with E-state index < -0.39 is 0 Å². The van der Waals surface area contributed by atoms with Crippen molar-refractivity contribution in [1.82, 2.24) is 30.4 Å². The number of hydrogen-bond donors (Lipinski definition) is 2. The molecule has 3 heterocycles. The van der Waals surface area contributed by atoms with Gasteiger partial charge in [-0.25, -0.2) is 4.99 Å². The first-order valence-corrected chi connectivity index (χ1v) is 8.46. The second-order valence-electron chi connectivity index (χ2n) is 5.13. The van der Waals surface area contributed by atoms with Gasteiger partial charge >= 0.3 is 0 Å². The SMILES string of the molecule is Cn1cnnc1CNC(=NCc1ccccn1)NCc1cccs1.I. The highest BCUT2D eigenvalue weighted by Crippen LogP contribution is 2.07. The van der Waals surface area contributed by atoms with Crippen LogP contribution in [0.15, 0.2) is 53.2 Å². The molecule has 0 fully saturated rings. The van der Waals surface area contributed by atoms with Gasteiger partial charge < -0.3 is 15.2 Å². The lowest BCUT2D eigenvalue weighted by atomic mass is 10.3. The van der Waals surface area contributed by atoms with E-state index in [1.807, 2.05) is 35.9 Å². The Balaban J connectivity index is 0.00000225. The first kappa shape index (κ1) is 19.3. The first-order valence-electron chi connectivity index (χ1n) is 7.58. The van der Waals surface area contributed by atoms with E-state index in [-0.39, 0.29) is 24.0 Å². The Morgan fingerprint density at radius 2 is 2.08 bits per heavy atom. The van der Waals surface area contributed by atoms with E-state index in [2.05, 4.69) is 42.3 Å². The quantitative estimate of drug-likeness (QED) is 0.329. The van der Waals surface area contributed by atoms with E-state index >= 15 is 0 Å². The lowest BCUT2D eigenvalue weighted by molar-refractivity contribution is 0.722. The van der Waals surface area contributed by atoms with Crippen LogP contribution < -0.4 is 10.6 Å². The summed E-state index contributed by atoms with van der Waals surface area (Å²) in [7, 11) is 1.92. The molecular weight excluding hydrogens is 449 g/mol. The predicted molar refractivity (Wildman–Crippen MR) is 110 cm³/mol. The number of thiophene rings is 1. The molecule has 9 heteroatoms. The van der Waals surface area contributed by atoms with Crippen LogP contribution in [0.1, 0.15) is 16.4 Å². The Kier molecular flexibility index (Phi) is 7.79. The molecule has 0 amide bonds. The van der Waals surface area contributed by atoms with Crippen molar-refractivity contribution in [1.29, 1.82) is 0 Å². The maximum absolute atomic E-state index is 4.60. The smallest absolute Gasteiger partial charge is 0.192 e. The zero-order valence-electron chi connectivity index (χ0n) is 13.8. The lowest BCUT2D eigenvalue weighted by Gasteiger charge is -2.11. The van der Waals surface area contributed by atoms with Crippen molar-refractivity contribution in [2.75, 3.05) is 0 Å². The molecule has 0 atom stereocenters. The minimum atomic E-state index is 0. The number of aryl methyl sites for hydroxylation is 1. The van der Waals surface area contributed by atoms with Crippen molar-refractivity contribution in [3.63, 3.8) is 0 Å². The highest BCUT2D eigenvalue weighted by Gasteiger charge is 2.04. The summed E-state index contributed by atoms with van der Waals surface area (Å²) < 4.78 is 1.88. The van der Waals surface area contributed by atoms with Crippen molar-refractivity contribution < 1.29 is 0 Å². The second-order valence-corrected chi connectivity index (χ2v) is 6.16. The largest absolute Gasteiger partial charge is 0.351 e. The van der Waals surface area contributed by atoms with Gasteiger partial charge in [-0.05, 0) is 23.6 Å². The summed E-state index contributed by atoms with van der Waals surface area (Å²) in [6.45, 7) is 1.79. The summed E-state index contributed by atoms with van der Waals surface area (Å²) in [5.74, 6) is 1.57. The molecule has 0 aromatic carbocycles. The molecule has 3 rings (SSSR count). The van der Waals surface area contributed by atoms with E-state index in [0.29, 0.717) is 13.1 Å². The third kappa shape index (κ3) is 6.09. The van der Waals surface area contributed by atoms with E-state index in [1.165, 1.54) is 4.88 Å². The van der Waals surface area contributed by atoms with Gasteiger partial charge in [0, 0.05) is 18.1 Å². The number of aliphatic imine (C=N–C) groups is 1. The fourth-order valence-corrected chi connectivity index (χ4v) is 2.68. The monoisotopic (exact) mass is 469 g/mol. The van der Waals surface area contributed by atoms with Crippen LogP contribution in [0, 0.1) is 0 Å². The zero-order valence-corrected chi connectivity index (χ0v) is 16.9. The standard InChI is InChI=1S/C16H19N7S.HI/c1-23-12-21-22-15(23)11-20-16(19-10-14-6-4-8-24-14)18-9-13-5-2-3-7-17-13;/h2-8,12H,9-11H2,1H3,(H2,18,19,20);1H. The van der Waals surface area contributed by atoms with Crippen LogP contribution in [-0.2, 0) is 26.7 Å². The number of pyridine rings is 1. The lowest BCUT2D eigenvalue weighted by Crippen LogP contribution is -2.37. The van der Waals surface area contributed by atoms with Crippen molar-refractivity contribution >= 4 is 41.3 Å². The third-order valence-electron chi connectivity index (χ3n) is 3.35. The van der Waals surface area contributed by atoms with Crippen LogP contribution in [0.5, 0.6) is 0 Å². The molecule has 0 bridgehead atoms. The maximum atomic E-state index is 4.60. The number of hydrogen-bond acceptors (Lipinski definition) is 5. The molecule has 7 nitrogen and oxygen atoms in total. The van der Waals surface area contributed by atoms with Crippen LogP contribution in [0.2, 0.25) is 0 Å². The maximum Gasteiger partial charge on any atom is 0.192 e.